The van der Waals surface area contributed by atoms with Gasteiger partial charge in [0.2, 0.25) is 5.91 Å². The third-order valence-electron chi connectivity index (χ3n) is 4.86. The van der Waals surface area contributed by atoms with Crippen LogP contribution in [-0.2, 0) is 30.3 Å². The van der Waals surface area contributed by atoms with Crippen LogP contribution in [-0.4, -0.2) is 49.6 Å². The van der Waals surface area contributed by atoms with Crippen molar-refractivity contribution in [3.05, 3.63) is 35.6 Å². The molecule has 1 atom stereocenters. The number of halogens is 1. The number of rotatable bonds is 7. The maximum absolute atomic E-state index is 13.2. The molecule has 27 heavy (non-hydrogen) atoms. The van der Waals surface area contributed by atoms with E-state index in [9.17, 15) is 18.8 Å². The van der Waals surface area contributed by atoms with Crippen molar-refractivity contribution < 1.29 is 28.2 Å². The van der Waals surface area contributed by atoms with Gasteiger partial charge in [-0.3, -0.25) is 14.4 Å². The number of piperidine rings is 1. The Morgan fingerprint density at radius 3 is 2.52 bits per heavy atom. The van der Waals surface area contributed by atoms with Gasteiger partial charge >= 0.3 is 11.9 Å². The van der Waals surface area contributed by atoms with Crippen LogP contribution in [0, 0.1) is 11.2 Å². The van der Waals surface area contributed by atoms with Gasteiger partial charge in [0.15, 0.2) is 0 Å². The summed E-state index contributed by atoms with van der Waals surface area (Å²) in [5.41, 5.74) is -0.0548. The van der Waals surface area contributed by atoms with E-state index in [4.69, 9.17) is 4.74 Å². The second-order valence-electron chi connectivity index (χ2n) is 6.80. The maximum Gasteiger partial charge on any atom is 0.314 e. The Balaban J connectivity index is 2.16. The Hall–Kier alpha value is -2.44. The van der Waals surface area contributed by atoms with Crippen LogP contribution in [0.4, 0.5) is 4.39 Å². The molecule has 0 spiro atoms. The van der Waals surface area contributed by atoms with Crippen molar-refractivity contribution >= 4 is 17.8 Å². The lowest BCUT2D eigenvalue weighted by molar-refractivity contribution is -0.161. The molecule has 2 rings (SSSR count). The number of esters is 2. The van der Waals surface area contributed by atoms with Crippen molar-refractivity contribution in [3.63, 3.8) is 0 Å². The number of carbonyl (C=O) groups excluding carboxylic acids is 3. The van der Waals surface area contributed by atoms with E-state index < -0.39 is 11.4 Å². The Labute approximate surface area is 158 Å². The molecule has 1 saturated heterocycles. The minimum absolute atomic E-state index is 0.0101. The summed E-state index contributed by atoms with van der Waals surface area (Å²) in [5.74, 6) is -1.32. The van der Waals surface area contributed by atoms with E-state index in [2.05, 4.69) is 4.74 Å². The molecule has 1 fully saturated rings. The molecule has 0 radical (unpaired) electrons. The fourth-order valence-electron chi connectivity index (χ4n) is 3.47. The van der Waals surface area contributed by atoms with Gasteiger partial charge in [0.05, 0.1) is 25.6 Å². The SMILES string of the molecule is CCOC(=O)[C@@]1(Cc2ccc(F)cc2)CCCN(C(=O)CCC(=O)OC)C1. The molecule has 0 unspecified atom stereocenters. The average molecular weight is 379 g/mol. The molecule has 148 valence electrons. The Bertz CT molecular complexity index is 675. The maximum atomic E-state index is 13.2. The monoisotopic (exact) mass is 379 g/mol. The highest BCUT2D eigenvalue weighted by Crippen LogP contribution is 2.35. The summed E-state index contributed by atoms with van der Waals surface area (Å²) in [6.45, 7) is 2.75. The van der Waals surface area contributed by atoms with Crippen LogP contribution in [0.25, 0.3) is 0 Å². The van der Waals surface area contributed by atoms with Gasteiger partial charge < -0.3 is 14.4 Å². The zero-order valence-corrected chi connectivity index (χ0v) is 15.8. The molecule has 0 aliphatic carbocycles. The second kappa shape index (κ2) is 9.48. The van der Waals surface area contributed by atoms with E-state index in [1.54, 1.807) is 24.0 Å². The molecule has 0 aromatic heterocycles. The number of likely N-dealkylation sites (tertiary alicyclic amines) is 1. The van der Waals surface area contributed by atoms with Crippen molar-refractivity contribution in [1.29, 1.82) is 0 Å². The van der Waals surface area contributed by atoms with Gasteiger partial charge in [-0.05, 0) is 43.9 Å². The molecule has 0 bridgehead atoms. The molecule has 1 aromatic carbocycles. The minimum Gasteiger partial charge on any atom is -0.469 e. The standard InChI is InChI=1S/C20H26FNO5/c1-3-27-19(25)20(13-15-5-7-16(21)8-6-15)11-4-12-22(14-20)17(23)9-10-18(24)26-2/h5-8H,3-4,9-14H2,1-2H3/t20-/m1/s1. The first-order valence-corrected chi connectivity index (χ1v) is 9.16. The fraction of sp³-hybridized carbons (Fsp3) is 0.550. The summed E-state index contributed by atoms with van der Waals surface area (Å²) in [5, 5.41) is 0. The topological polar surface area (TPSA) is 72.9 Å². The predicted molar refractivity (Wildman–Crippen MR) is 96.2 cm³/mol. The Morgan fingerprint density at radius 1 is 1.19 bits per heavy atom. The largest absolute Gasteiger partial charge is 0.469 e. The zero-order chi connectivity index (χ0) is 19.9. The van der Waals surface area contributed by atoms with Crippen LogP contribution in [0.15, 0.2) is 24.3 Å². The van der Waals surface area contributed by atoms with E-state index in [1.165, 1.54) is 19.2 Å². The van der Waals surface area contributed by atoms with Crippen LogP contribution in [0.3, 0.4) is 0 Å². The summed E-state index contributed by atoms with van der Waals surface area (Å²) >= 11 is 0. The lowest BCUT2D eigenvalue weighted by atomic mass is 9.75. The summed E-state index contributed by atoms with van der Waals surface area (Å²) < 4.78 is 23.1. The quantitative estimate of drug-likeness (QED) is 0.681. The molecule has 1 aliphatic rings. The second-order valence-corrected chi connectivity index (χ2v) is 6.80. The number of carbonyl (C=O) groups is 3. The minimum atomic E-state index is -0.868. The lowest BCUT2D eigenvalue weighted by Crippen LogP contribution is -2.51. The Morgan fingerprint density at radius 2 is 1.89 bits per heavy atom. The van der Waals surface area contributed by atoms with Crippen LogP contribution >= 0.6 is 0 Å². The summed E-state index contributed by atoms with van der Waals surface area (Å²) in [6.07, 6.45) is 1.67. The van der Waals surface area contributed by atoms with Crippen molar-refractivity contribution in [2.24, 2.45) is 5.41 Å². The molecule has 6 nitrogen and oxygen atoms in total. The molecule has 1 aromatic rings. The predicted octanol–water partition coefficient (Wildman–Crippen LogP) is 2.49. The highest BCUT2D eigenvalue weighted by molar-refractivity contribution is 5.83. The third kappa shape index (κ3) is 5.52. The highest BCUT2D eigenvalue weighted by atomic mass is 19.1. The van der Waals surface area contributed by atoms with Gasteiger partial charge in [-0.2, -0.15) is 0 Å². The normalized spacial score (nSPS) is 19.4. The number of methoxy groups -OCH3 is 1. The molecular weight excluding hydrogens is 353 g/mol. The van der Waals surface area contributed by atoms with Gasteiger partial charge in [0.25, 0.3) is 0 Å². The van der Waals surface area contributed by atoms with Crippen molar-refractivity contribution in [2.75, 3.05) is 26.8 Å². The van der Waals surface area contributed by atoms with E-state index in [-0.39, 0.29) is 43.7 Å². The zero-order valence-electron chi connectivity index (χ0n) is 15.8. The van der Waals surface area contributed by atoms with Crippen LogP contribution in [0.5, 0.6) is 0 Å². The van der Waals surface area contributed by atoms with E-state index in [0.29, 0.717) is 25.8 Å². The number of hydrogen-bond donors (Lipinski definition) is 0. The van der Waals surface area contributed by atoms with Gasteiger partial charge in [-0.15, -0.1) is 0 Å². The molecule has 1 amide bonds. The van der Waals surface area contributed by atoms with Crippen molar-refractivity contribution in [1.82, 2.24) is 4.90 Å². The fourth-order valence-corrected chi connectivity index (χ4v) is 3.47. The van der Waals surface area contributed by atoms with E-state index >= 15 is 0 Å². The molecule has 7 heteroatoms. The first kappa shape index (κ1) is 20.9. The van der Waals surface area contributed by atoms with Crippen molar-refractivity contribution in [2.45, 2.75) is 39.0 Å². The summed E-state index contributed by atoms with van der Waals surface area (Å²) in [7, 11) is 1.28. The summed E-state index contributed by atoms with van der Waals surface area (Å²) in [6, 6.07) is 6.01. The van der Waals surface area contributed by atoms with Crippen LogP contribution in [0.1, 0.15) is 38.2 Å². The number of amides is 1. The summed E-state index contributed by atoms with van der Waals surface area (Å²) in [4.78, 5) is 38.2. The number of nitrogens with zero attached hydrogens (tertiary/aromatic N) is 1. The molecule has 1 aliphatic heterocycles. The van der Waals surface area contributed by atoms with Crippen LogP contribution < -0.4 is 0 Å². The first-order chi connectivity index (χ1) is 12.9. The molecular formula is C20H26FNO5. The van der Waals surface area contributed by atoms with Gasteiger partial charge in [-0.25, -0.2) is 4.39 Å². The first-order valence-electron chi connectivity index (χ1n) is 9.16. The van der Waals surface area contributed by atoms with Gasteiger partial charge in [0.1, 0.15) is 5.82 Å². The average Bonchev–Trinajstić information content (AvgIpc) is 2.68. The smallest absolute Gasteiger partial charge is 0.314 e. The lowest BCUT2D eigenvalue weighted by Gasteiger charge is -2.41. The third-order valence-corrected chi connectivity index (χ3v) is 4.86. The van der Waals surface area contributed by atoms with Gasteiger partial charge in [0, 0.05) is 19.5 Å². The van der Waals surface area contributed by atoms with Crippen molar-refractivity contribution in [3.8, 4) is 0 Å². The van der Waals surface area contributed by atoms with Crippen LogP contribution in [0.2, 0.25) is 0 Å². The molecule has 1 heterocycles. The Kier molecular flexibility index (Phi) is 7.33. The highest BCUT2D eigenvalue weighted by Gasteiger charge is 2.44. The van der Waals surface area contributed by atoms with Gasteiger partial charge in [-0.1, -0.05) is 12.1 Å². The number of benzene rings is 1. The number of ether oxygens (including phenoxy) is 2. The molecule has 0 N–H and O–H groups in total. The van der Waals surface area contributed by atoms with E-state index in [0.717, 1.165) is 5.56 Å². The van der Waals surface area contributed by atoms with E-state index in [1.807, 2.05) is 0 Å². The number of hydrogen-bond acceptors (Lipinski definition) is 5. The molecule has 0 saturated carbocycles.